The Kier molecular flexibility index (Phi) is 4.22. The minimum Gasteiger partial charge on any atom is -0.493 e. The first-order valence-electron chi connectivity index (χ1n) is 6.53. The summed E-state index contributed by atoms with van der Waals surface area (Å²) in [5.74, 6) is 0.994. The van der Waals surface area contributed by atoms with Gasteiger partial charge in [-0.25, -0.2) is 5.43 Å². The summed E-state index contributed by atoms with van der Waals surface area (Å²) in [7, 11) is 0. The van der Waals surface area contributed by atoms with Crippen molar-refractivity contribution in [1.29, 1.82) is 0 Å². The molecule has 2 atom stereocenters. The van der Waals surface area contributed by atoms with Crippen molar-refractivity contribution in [3.8, 4) is 5.75 Å². The fourth-order valence-corrected chi connectivity index (χ4v) is 2.24. The summed E-state index contributed by atoms with van der Waals surface area (Å²) in [6.07, 6.45) is 1.99. The Morgan fingerprint density at radius 3 is 2.56 bits per heavy atom. The molecule has 0 spiro atoms. The van der Waals surface area contributed by atoms with Gasteiger partial charge in [0.25, 0.3) is 0 Å². The van der Waals surface area contributed by atoms with E-state index in [2.05, 4.69) is 43.8 Å². The number of rotatable bonds is 4. The molecule has 1 aliphatic heterocycles. The van der Waals surface area contributed by atoms with Crippen LogP contribution in [0.25, 0.3) is 0 Å². The van der Waals surface area contributed by atoms with E-state index < -0.39 is 0 Å². The maximum Gasteiger partial charge on any atom is 0.122 e. The van der Waals surface area contributed by atoms with Crippen molar-refractivity contribution >= 4 is 0 Å². The van der Waals surface area contributed by atoms with Crippen molar-refractivity contribution in [3.05, 3.63) is 28.8 Å². The van der Waals surface area contributed by atoms with Gasteiger partial charge in [0.1, 0.15) is 5.75 Å². The molecule has 0 radical (unpaired) electrons. The third-order valence-electron chi connectivity index (χ3n) is 3.53. The molecule has 0 aromatic heterocycles. The van der Waals surface area contributed by atoms with Gasteiger partial charge in [-0.2, -0.15) is 0 Å². The summed E-state index contributed by atoms with van der Waals surface area (Å²) in [4.78, 5) is 0. The molecule has 0 bridgehead atoms. The van der Waals surface area contributed by atoms with Crippen molar-refractivity contribution in [1.82, 2.24) is 10.9 Å². The second-order valence-corrected chi connectivity index (χ2v) is 5.17. The molecular weight excluding hydrogens is 226 g/mol. The van der Waals surface area contributed by atoms with E-state index in [0.29, 0.717) is 6.04 Å². The number of benzene rings is 1. The number of ether oxygens (including phenoxy) is 1. The van der Waals surface area contributed by atoms with Crippen molar-refractivity contribution in [2.45, 2.75) is 45.8 Å². The van der Waals surface area contributed by atoms with Crippen LogP contribution in [-0.4, -0.2) is 18.8 Å². The molecule has 1 aromatic carbocycles. The molecule has 18 heavy (non-hydrogen) atoms. The van der Waals surface area contributed by atoms with Gasteiger partial charge < -0.3 is 10.5 Å². The standard InChI is InChI=1S/C14H23N3O/c1-9-6-11(3)13(7-10(9)2)18-5-4-12-8-14(15)17-16-12/h6-7,12,14,16-17H,4-5,8,15H2,1-3H3. The third-order valence-corrected chi connectivity index (χ3v) is 3.53. The van der Waals surface area contributed by atoms with Crippen LogP contribution in [0.15, 0.2) is 12.1 Å². The van der Waals surface area contributed by atoms with Crippen LogP contribution in [0, 0.1) is 20.8 Å². The predicted molar refractivity (Wildman–Crippen MR) is 73.4 cm³/mol. The zero-order valence-electron chi connectivity index (χ0n) is 11.4. The molecule has 1 aromatic rings. The van der Waals surface area contributed by atoms with Gasteiger partial charge in [-0.05, 0) is 56.4 Å². The van der Waals surface area contributed by atoms with Gasteiger partial charge >= 0.3 is 0 Å². The molecule has 1 saturated heterocycles. The number of nitrogens with one attached hydrogen (secondary N) is 2. The van der Waals surface area contributed by atoms with Crippen molar-refractivity contribution in [2.75, 3.05) is 6.61 Å². The predicted octanol–water partition coefficient (Wildman–Crippen LogP) is 1.53. The number of hydrazine groups is 1. The Labute approximate surface area is 109 Å². The zero-order valence-corrected chi connectivity index (χ0v) is 11.4. The van der Waals surface area contributed by atoms with Crippen LogP contribution in [0.1, 0.15) is 29.5 Å². The molecule has 0 saturated carbocycles. The quantitative estimate of drug-likeness (QED) is 0.757. The van der Waals surface area contributed by atoms with Gasteiger partial charge in [0, 0.05) is 6.04 Å². The SMILES string of the molecule is Cc1cc(C)c(OCCC2CC(N)NN2)cc1C. The summed E-state index contributed by atoms with van der Waals surface area (Å²) >= 11 is 0. The molecule has 1 aliphatic rings. The maximum atomic E-state index is 5.86. The highest BCUT2D eigenvalue weighted by molar-refractivity contribution is 5.40. The van der Waals surface area contributed by atoms with Gasteiger partial charge in [0.05, 0.1) is 12.8 Å². The molecule has 100 valence electrons. The lowest BCUT2D eigenvalue weighted by Gasteiger charge is -2.14. The van der Waals surface area contributed by atoms with E-state index in [1.807, 2.05) is 0 Å². The van der Waals surface area contributed by atoms with Gasteiger partial charge in [-0.15, -0.1) is 0 Å². The molecular formula is C14H23N3O. The first-order chi connectivity index (χ1) is 8.56. The number of nitrogens with two attached hydrogens (primary N) is 1. The van der Waals surface area contributed by atoms with Crippen molar-refractivity contribution < 1.29 is 4.74 Å². The summed E-state index contributed by atoms with van der Waals surface area (Å²) in [6.45, 7) is 7.05. The molecule has 0 aliphatic carbocycles. The van der Waals surface area contributed by atoms with Gasteiger partial charge in [-0.1, -0.05) is 6.07 Å². The van der Waals surface area contributed by atoms with Crippen molar-refractivity contribution in [2.24, 2.45) is 5.73 Å². The summed E-state index contributed by atoms with van der Waals surface area (Å²) in [5.41, 5.74) is 15.7. The molecule has 1 heterocycles. The average molecular weight is 249 g/mol. The fraction of sp³-hybridized carbons (Fsp3) is 0.571. The third kappa shape index (κ3) is 3.22. The largest absolute Gasteiger partial charge is 0.493 e. The van der Waals surface area contributed by atoms with Crippen LogP contribution in [0.3, 0.4) is 0 Å². The van der Waals surface area contributed by atoms with Gasteiger partial charge in [-0.3, -0.25) is 5.43 Å². The summed E-state index contributed by atoms with van der Waals surface area (Å²) in [5, 5.41) is 0. The number of aryl methyl sites for hydroxylation is 3. The Bertz CT molecular complexity index is 420. The molecule has 0 amide bonds. The Hall–Kier alpha value is -1.10. The lowest BCUT2D eigenvalue weighted by atomic mass is 10.1. The lowest BCUT2D eigenvalue weighted by Crippen LogP contribution is -2.37. The van der Waals surface area contributed by atoms with Crippen molar-refractivity contribution in [3.63, 3.8) is 0 Å². The van der Waals surface area contributed by atoms with E-state index in [1.54, 1.807) is 0 Å². The first kappa shape index (κ1) is 13.3. The summed E-state index contributed by atoms with van der Waals surface area (Å²) in [6, 6.07) is 4.71. The smallest absolute Gasteiger partial charge is 0.122 e. The Morgan fingerprint density at radius 1 is 1.17 bits per heavy atom. The number of hydrogen-bond acceptors (Lipinski definition) is 4. The lowest BCUT2D eigenvalue weighted by molar-refractivity contribution is 0.288. The summed E-state index contributed by atoms with van der Waals surface area (Å²) < 4.78 is 5.86. The Morgan fingerprint density at radius 2 is 1.89 bits per heavy atom. The second kappa shape index (κ2) is 5.69. The van der Waals surface area contributed by atoms with Crippen LogP contribution in [-0.2, 0) is 0 Å². The second-order valence-electron chi connectivity index (χ2n) is 5.17. The van der Waals surface area contributed by atoms with Crippen LogP contribution in [0.2, 0.25) is 0 Å². The maximum absolute atomic E-state index is 5.86. The highest BCUT2D eigenvalue weighted by Crippen LogP contribution is 2.22. The van der Waals surface area contributed by atoms with Crippen LogP contribution >= 0.6 is 0 Å². The Balaban J connectivity index is 1.85. The van der Waals surface area contributed by atoms with E-state index in [4.69, 9.17) is 10.5 Å². The van der Waals surface area contributed by atoms with E-state index >= 15 is 0 Å². The molecule has 4 heteroatoms. The highest BCUT2D eigenvalue weighted by Gasteiger charge is 2.20. The minimum atomic E-state index is 0.0679. The molecule has 1 fully saturated rings. The molecule has 4 N–H and O–H groups in total. The van der Waals surface area contributed by atoms with Gasteiger partial charge in [0.15, 0.2) is 0 Å². The van der Waals surface area contributed by atoms with E-state index in [9.17, 15) is 0 Å². The average Bonchev–Trinajstić information content (AvgIpc) is 2.71. The van der Waals surface area contributed by atoms with Crippen LogP contribution in [0.4, 0.5) is 0 Å². The minimum absolute atomic E-state index is 0.0679. The molecule has 2 rings (SSSR count). The van der Waals surface area contributed by atoms with E-state index in [-0.39, 0.29) is 6.17 Å². The monoisotopic (exact) mass is 249 g/mol. The highest BCUT2D eigenvalue weighted by atomic mass is 16.5. The van der Waals surface area contributed by atoms with E-state index in [1.165, 1.54) is 16.7 Å². The zero-order chi connectivity index (χ0) is 13.1. The first-order valence-corrected chi connectivity index (χ1v) is 6.53. The topological polar surface area (TPSA) is 59.3 Å². The fourth-order valence-electron chi connectivity index (χ4n) is 2.24. The van der Waals surface area contributed by atoms with Gasteiger partial charge in [0.2, 0.25) is 0 Å². The van der Waals surface area contributed by atoms with E-state index in [0.717, 1.165) is 25.2 Å². The van der Waals surface area contributed by atoms with Crippen LogP contribution in [0.5, 0.6) is 5.75 Å². The number of hydrogen-bond donors (Lipinski definition) is 3. The normalized spacial score (nSPS) is 23.3. The molecule has 4 nitrogen and oxygen atoms in total. The molecule has 2 unspecified atom stereocenters. The van der Waals surface area contributed by atoms with Crippen LogP contribution < -0.4 is 21.3 Å².